The molecule has 1 unspecified atom stereocenters. The monoisotopic (exact) mass is 302 g/mol. The molecule has 114 valence electrons. The number of nitro benzene ring substituents is 1. The van der Waals surface area contributed by atoms with Gasteiger partial charge in [-0.25, -0.2) is 4.39 Å². The first-order valence-electron chi connectivity index (χ1n) is 7.00. The molecule has 1 heterocycles. The maximum atomic E-state index is 13.4. The van der Waals surface area contributed by atoms with E-state index in [0.717, 1.165) is 17.7 Å². The van der Waals surface area contributed by atoms with Crippen LogP contribution in [0.2, 0.25) is 0 Å². The van der Waals surface area contributed by atoms with Gasteiger partial charge in [-0.15, -0.1) is 0 Å². The lowest BCUT2D eigenvalue weighted by Crippen LogP contribution is -2.26. The molecule has 0 aromatic heterocycles. The number of aliphatic hydroxyl groups is 1. The van der Waals surface area contributed by atoms with Crippen molar-refractivity contribution in [1.82, 2.24) is 0 Å². The van der Waals surface area contributed by atoms with Crippen molar-refractivity contribution in [3.8, 4) is 0 Å². The molecular weight excluding hydrogens is 287 g/mol. The zero-order valence-electron chi connectivity index (χ0n) is 11.8. The van der Waals surface area contributed by atoms with Gasteiger partial charge in [0.05, 0.1) is 11.0 Å². The lowest BCUT2D eigenvalue weighted by molar-refractivity contribution is -0.385. The second-order valence-electron chi connectivity index (χ2n) is 5.34. The number of β-amino-alcohol motifs (C(OH)–C–C–N with tert-alkyl or cyclic N) is 1. The van der Waals surface area contributed by atoms with Crippen molar-refractivity contribution in [2.45, 2.75) is 12.5 Å². The molecular formula is C16H15FN2O3. The average Bonchev–Trinajstić information content (AvgIpc) is 2.89. The van der Waals surface area contributed by atoms with E-state index < -0.39 is 11.0 Å². The highest BCUT2D eigenvalue weighted by Crippen LogP contribution is 2.30. The Morgan fingerprint density at radius 2 is 2.14 bits per heavy atom. The van der Waals surface area contributed by atoms with E-state index in [1.54, 1.807) is 18.2 Å². The number of anilines is 1. The highest BCUT2D eigenvalue weighted by molar-refractivity contribution is 5.58. The molecule has 1 atom stereocenters. The van der Waals surface area contributed by atoms with Gasteiger partial charge in [0.25, 0.3) is 5.69 Å². The number of aliphatic hydroxyl groups excluding tert-OH is 1. The van der Waals surface area contributed by atoms with E-state index in [1.165, 1.54) is 24.3 Å². The SMILES string of the molecule is O=[N+]([O-])c1cccc(C(O)CN2CCc3ccc(F)cc32)c1. The molecule has 0 spiro atoms. The standard InChI is InChI=1S/C16H15FN2O3/c17-13-5-4-11-6-7-18(15(11)9-13)10-16(20)12-2-1-3-14(8-12)19(21)22/h1-5,8-9,16,20H,6-7,10H2. The lowest BCUT2D eigenvalue weighted by atomic mass is 10.1. The van der Waals surface area contributed by atoms with Gasteiger partial charge in [0.2, 0.25) is 0 Å². The number of halogens is 1. The Labute approximate surface area is 126 Å². The first-order valence-corrected chi connectivity index (χ1v) is 7.00. The molecule has 1 N–H and O–H groups in total. The maximum absolute atomic E-state index is 13.4. The van der Waals surface area contributed by atoms with E-state index >= 15 is 0 Å². The van der Waals surface area contributed by atoms with Crippen LogP contribution in [-0.4, -0.2) is 23.1 Å². The molecule has 22 heavy (non-hydrogen) atoms. The Hall–Kier alpha value is -2.47. The van der Waals surface area contributed by atoms with Crippen LogP contribution in [0.25, 0.3) is 0 Å². The minimum atomic E-state index is -0.867. The Bertz CT molecular complexity index is 720. The van der Waals surface area contributed by atoms with Crippen LogP contribution in [-0.2, 0) is 6.42 Å². The number of non-ortho nitro benzene ring substituents is 1. The van der Waals surface area contributed by atoms with Gasteiger partial charge in [-0.2, -0.15) is 0 Å². The van der Waals surface area contributed by atoms with Crippen LogP contribution in [0.5, 0.6) is 0 Å². The molecule has 0 saturated carbocycles. The van der Waals surface area contributed by atoms with Crippen LogP contribution >= 0.6 is 0 Å². The van der Waals surface area contributed by atoms with Crippen molar-refractivity contribution in [3.05, 3.63) is 69.5 Å². The number of nitrogens with zero attached hydrogens (tertiary/aromatic N) is 2. The topological polar surface area (TPSA) is 66.6 Å². The molecule has 0 saturated heterocycles. The van der Waals surface area contributed by atoms with E-state index in [1.807, 2.05) is 4.90 Å². The molecule has 2 aromatic carbocycles. The Morgan fingerprint density at radius 1 is 1.32 bits per heavy atom. The molecule has 2 aromatic rings. The van der Waals surface area contributed by atoms with Gasteiger partial charge < -0.3 is 10.0 Å². The lowest BCUT2D eigenvalue weighted by Gasteiger charge is -2.23. The smallest absolute Gasteiger partial charge is 0.269 e. The van der Waals surface area contributed by atoms with E-state index in [0.29, 0.717) is 12.1 Å². The van der Waals surface area contributed by atoms with E-state index in [2.05, 4.69) is 0 Å². The number of nitro groups is 1. The van der Waals surface area contributed by atoms with Gasteiger partial charge in [-0.1, -0.05) is 18.2 Å². The molecule has 1 aliphatic rings. The van der Waals surface area contributed by atoms with Crippen LogP contribution in [0.15, 0.2) is 42.5 Å². The Kier molecular flexibility index (Phi) is 3.77. The number of rotatable bonds is 4. The fourth-order valence-corrected chi connectivity index (χ4v) is 2.77. The molecule has 0 radical (unpaired) electrons. The summed E-state index contributed by atoms with van der Waals surface area (Å²) in [5.41, 5.74) is 2.26. The molecule has 6 heteroatoms. The second-order valence-corrected chi connectivity index (χ2v) is 5.34. The van der Waals surface area contributed by atoms with Crippen molar-refractivity contribution < 1.29 is 14.4 Å². The average molecular weight is 302 g/mol. The summed E-state index contributed by atoms with van der Waals surface area (Å²) in [5.74, 6) is -0.310. The zero-order valence-corrected chi connectivity index (χ0v) is 11.8. The fourth-order valence-electron chi connectivity index (χ4n) is 2.77. The van der Waals surface area contributed by atoms with E-state index in [4.69, 9.17) is 0 Å². The predicted octanol–water partition coefficient (Wildman–Crippen LogP) is 2.83. The van der Waals surface area contributed by atoms with E-state index in [-0.39, 0.29) is 18.0 Å². The van der Waals surface area contributed by atoms with Crippen LogP contribution < -0.4 is 4.90 Å². The first kappa shape index (κ1) is 14.5. The molecule has 0 fully saturated rings. The molecule has 0 bridgehead atoms. The summed E-state index contributed by atoms with van der Waals surface area (Å²) in [6, 6.07) is 10.6. The van der Waals surface area contributed by atoms with Crippen LogP contribution in [0.4, 0.5) is 15.8 Å². The van der Waals surface area contributed by atoms with Crippen LogP contribution in [0, 0.1) is 15.9 Å². The summed E-state index contributed by atoms with van der Waals surface area (Å²) in [6.45, 7) is 0.975. The number of hydrogen-bond donors (Lipinski definition) is 1. The molecule has 1 aliphatic heterocycles. The quantitative estimate of drug-likeness (QED) is 0.696. The van der Waals surface area contributed by atoms with Gasteiger partial charge in [-0.3, -0.25) is 10.1 Å². The molecule has 5 nitrogen and oxygen atoms in total. The Balaban J connectivity index is 1.79. The van der Waals surface area contributed by atoms with E-state index in [9.17, 15) is 19.6 Å². The molecule has 0 aliphatic carbocycles. The molecule has 3 rings (SSSR count). The summed E-state index contributed by atoms with van der Waals surface area (Å²) in [4.78, 5) is 12.2. The van der Waals surface area contributed by atoms with Crippen molar-refractivity contribution in [2.75, 3.05) is 18.0 Å². The first-order chi connectivity index (χ1) is 10.5. The van der Waals surface area contributed by atoms with Gasteiger partial charge in [0.1, 0.15) is 5.82 Å². The normalized spacial score (nSPS) is 14.7. The zero-order chi connectivity index (χ0) is 15.7. The minimum Gasteiger partial charge on any atom is -0.387 e. The van der Waals surface area contributed by atoms with Crippen LogP contribution in [0.3, 0.4) is 0 Å². The number of benzene rings is 2. The Morgan fingerprint density at radius 3 is 2.91 bits per heavy atom. The summed E-state index contributed by atoms with van der Waals surface area (Å²) in [7, 11) is 0. The highest BCUT2D eigenvalue weighted by Gasteiger charge is 2.23. The fraction of sp³-hybridized carbons (Fsp3) is 0.250. The van der Waals surface area contributed by atoms with Crippen LogP contribution in [0.1, 0.15) is 17.2 Å². The largest absolute Gasteiger partial charge is 0.387 e. The number of hydrogen-bond acceptors (Lipinski definition) is 4. The second kappa shape index (κ2) is 5.73. The van der Waals surface area contributed by atoms with Crippen molar-refractivity contribution in [2.24, 2.45) is 0 Å². The summed E-state index contributed by atoms with van der Waals surface area (Å²) in [6.07, 6.45) is -0.0637. The number of fused-ring (bicyclic) bond motifs is 1. The highest BCUT2D eigenvalue weighted by atomic mass is 19.1. The third-order valence-corrected chi connectivity index (χ3v) is 3.90. The van der Waals surface area contributed by atoms with Gasteiger partial charge in [-0.05, 0) is 29.7 Å². The third-order valence-electron chi connectivity index (χ3n) is 3.90. The summed E-state index contributed by atoms with van der Waals surface area (Å²) in [5, 5.41) is 21.1. The van der Waals surface area contributed by atoms with Crippen molar-refractivity contribution >= 4 is 11.4 Å². The molecule has 0 amide bonds. The van der Waals surface area contributed by atoms with Crippen molar-refractivity contribution in [3.63, 3.8) is 0 Å². The summed E-state index contributed by atoms with van der Waals surface area (Å²) < 4.78 is 13.4. The van der Waals surface area contributed by atoms with Crippen molar-refractivity contribution in [1.29, 1.82) is 0 Å². The van der Waals surface area contributed by atoms with Gasteiger partial charge >= 0.3 is 0 Å². The predicted molar refractivity (Wildman–Crippen MR) is 80.4 cm³/mol. The maximum Gasteiger partial charge on any atom is 0.269 e. The van der Waals surface area contributed by atoms with Gasteiger partial charge in [0.15, 0.2) is 0 Å². The third kappa shape index (κ3) is 2.78. The summed E-state index contributed by atoms with van der Waals surface area (Å²) >= 11 is 0. The van der Waals surface area contributed by atoms with Gasteiger partial charge in [0, 0.05) is 30.9 Å². The minimum absolute atomic E-state index is 0.0515.